The average Bonchev–Trinajstić information content (AvgIpc) is 2.47. The zero-order valence-electron chi connectivity index (χ0n) is 12.5. The van der Waals surface area contributed by atoms with Crippen LogP contribution in [0.3, 0.4) is 0 Å². The van der Waals surface area contributed by atoms with E-state index in [1.165, 1.54) is 0 Å². The topological polar surface area (TPSA) is 44.5 Å². The monoisotopic (exact) mass is 357 g/mol. The zero-order valence-corrected chi connectivity index (χ0v) is 15.4. The van der Waals surface area contributed by atoms with Crippen LogP contribution in [0, 0.1) is 13.0 Å². The van der Waals surface area contributed by atoms with E-state index < -0.39 is 0 Å². The molecule has 2 aromatic rings. The van der Waals surface area contributed by atoms with E-state index in [-0.39, 0.29) is 32.7 Å². The minimum absolute atomic E-state index is 0. The molecule has 0 saturated carbocycles. The van der Waals surface area contributed by atoms with Gasteiger partial charge in [0.25, 0.3) is 0 Å². The van der Waals surface area contributed by atoms with Crippen molar-refractivity contribution in [1.29, 1.82) is 0 Å². The molecule has 3 nitrogen and oxygen atoms in total. The third-order valence-electron chi connectivity index (χ3n) is 3.08. The Morgan fingerprint density at radius 3 is 2.29 bits per heavy atom. The van der Waals surface area contributed by atoms with Gasteiger partial charge in [0.1, 0.15) is 5.75 Å². The minimum Gasteiger partial charge on any atom is -0.554 e. The summed E-state index contributed by atoms with van der Waals surface area (Å²) in [5.41, 5.74) is 9.47. The standard InChI is InChI=1S/C17H18NO2.Y/c1-12-10-16(18)14(11-17(12)20-3)7-4-13-5-8-15(19-2)9-6-13;/h4-9,11H,18H2,1-3H3;/q-1;/b7-4-;. The Bertz CT molecular complexity index is 621. The molecule has 0 saturated heterocycles. The molecule has 0 heterocycles. The molecule has 0 atom stereocenters. The number of nitrogens with two attached hydrogens (primary N) is 1. The van der Waals surface area contributed by atoms with E-state index >= 15 is 0 Å². The maximum absolute atomic E-state index is 5.97. The van der Waals surface area contributed by atoms with Crippen molar-refractivity contribution in [2.75, 3.05) is 20.0 Å². The van der Waals surface area contributed by atoms with Crippen molar-refractivity contribution >= 4 is 17.8 Å². The van der Waals surface area contributed by atoms with Crippen molar-refractivity contribution in [3.63, 3.8) is 0 Å². The average molecular weight is 357 g/mol. The van der Waals surface area contributed by atoms with Gasteiger partial charge in [0, 0.05) is 38.5 Å². The fourth-order valence-corrected chi connectivity index (χ4v) is 1.91. The fraction of sp³-hybridized carbons (Fsp3) is 0.176. The molecule has 2 N–H and O–H groups in total. The number of anilines is 1. The summed E-state index contributed by atoms with van der Waals surface area (Å²) in [6.07, 6.45) is 3.95. The first-order chi connectivity index (χ1) is 9.63. The number of benzene rings is 2. The smallest absolute Gasteiger partial charge is 0.118 e. The molecule has 0 fully saturated rings. The van der Waals surface area contributed by atoms with Crippen molar-refractivity contribution < 1.29 is 42.2 Å². The second kappa shape index (κ2) is 8.21. The van der Waals surface area contributed by atoms with Crippen LogP contribution in [-0.2, 0) is 32.7 Å². The van der Waals surface area contributed by atoms with Crippen LogP contribution in [0.2, 0.25) is 0 Å². The van der Waals surface area contributed by atoms with E-state index in [2.05, 4.69) is 6.07 Å². The SMILES string of the molecule is COc1ccc(/C=C\c2cc(OC)c(C)[c-]c2N)cc1.[Y]. The molecule has 1 radical (unpaired) electrons. The first-order valence-corrected chi connectivity index (χ1v) is 6.32. The van der Waals surface area contributed by atoms with Gasteiger partial charge in [-0.2, -0.15) is 6.07 Å². The molecule has 2 aromatic carbocycles. The Balaban J connectivity index is 0.00000220. The third-order valence-corrected chi connectivity index (χ3v) is 3.08. The molecular formula is C17H18NO2Y-. The van der Waals surface area contributed by atoms with Crippen LogP contribution < -0.4 is 15.2 Å². The van der Waals surface area contributed by atoms with E-state index in [0.29, 0.717) is 5.69 Å². The number of hydrogen-bond donors (Lipinski definition) is 1. The molecule has 0 aliphatic heterocycles. The summed E-state index contributed by atoms with van der Waals surface area (Å²) in [6.45, 7) is 1.92. The number of hydrogen-bond acceptors (Lipinski definition) is 3. The van der Waals surface area contributed by atoms with Crippen LogP contribution in [0.4, 0.5) is 5.69 Å². The first kappa shape index (κ1) is 17.7. The zero-order chi connectivity index (χ0) is 14.5. The Kier molecular flexibility index (Phi) is 6.93. The second-order valence-corrected chi connectivity index (χ2v) is 4.44. The minimum atomic E-state index is 0. The van der Waals surface area contributed by atoms with E-state index in [1.54, 1.807) is 14.2 Å². The van der Waals surface area contributed by atoms with Crippen LogP contribution in [0.5, 0.6) is 11.5 Å². The summed E-state index contributed by atoms with van der Waals surface area (Å²) in [5.74, 6) is 1.63. The second-order valence-electron chi connectivity index (χ2n) is 4.44. The molecule has 0 aliphatic carbocycles. The fourth-order valence-electron chi connectivity index (χ4n) is 1.91. The predicted octanol–water partition coefficient (Wildman–Crippen LogP) is 3.56. The van der Waals surface area contributed by atoms with E-state index in [1.807, 2.05) is 49.4 Å². The quantitative estimate of drug-likeness (QED) is 0.517. The molecular weight excluding hydrogens is 339 g/mol. The van der Waals surface area contributed by atoms with E-state index in [4.69, 9.17) is 15.2 Å². The van der Waals surface area contributed by atoms with Gasteiger partial charge in [-0.1, -0.05) is 30.8 Å². The Morgan fingerprint density at radius 2 is 1.71 bits per heavy atom. The number of nitrogen functional groups attached to an aromatic ring is 1. The van der Waals surface area contributed by atoms with Crippen molar-refractivity contribution in [2.24, 2.45) is 0 Å². The van der Waals surface area contributed by atoms with Gasteiger partial charge in [0.05, 0.1) is 14.2 Å². The molecule has 0 unspecified atom stereocenters. The Morgan fingerprint density at radius 1 is 1.05 bits per heavy atom. The maximum atomic E-state index is 5.97. The van der Waals surface area contributed by atoms with Crippen molar-refractivity contribution in [3.05, 3.63) is 53.1 Å². The molecule has 0 aromatic heterocycles. The van der Waals surface area contributed by atoms with Gasteiger partial charge in [-0.3, -0.25) is 0 Å². The van der Waals surface area contributed by atoms with Gasteiger partial charge in [-0.05, 0) is 17.7 Å². The summed E-state index contributed by atoms with van der Waals surface area (Å²) in [7, 11) is 3.29. The molecule has 0 aliphatic rings. The molecule has 0 spiro atoms. The number of rotatable bonds is 4. The van der Waals surface area contributed by atoms with Gasteiger partial charge in [0.2, 0.25) is 0 Å². The van der Waals surface area contributed by atoms with Crippen LogP contribution >= 0.6 is 0 Å². The molecule has 107 valence electrons. The van der Waals surface area contributed by atoms with Crippen molar-refractivity contribution in [3.8, 4) is 11.5 Å². The summed E-state index contributed by atoms with van der Waals surface area (Å²) >= 11 is 0. The van der Waals surface area contributed by atoms with Crippen molar-refractivity contribution in [2.45, 2.75) is 6.92 Å². The number of aryl methyl sites for hydroxylation is 1. The van der Waals surface area contributed by atoms with Crippen LogP contribution in [0.15, 0.2) is 30.3 Å². The van der Waals surface area contributed by atoms with Gasteiger partial charge >= 0.3 is 0 Å². The molecule has 2 rings (SSSR count). The summed E-state index contributed by atoms with van der Waals surface area (Å²) in [4.78, 5) is 0. The molecule has 21 heavy (non-hydrogen) atoms. The Hall–Kier alpha value is -1.32. The normalized spacial score (nSPS) is 10.2. The Labute approximate surface area is 151 Å². The number of ether oxygens (including phenoxy) is 2. The predicted molar refractivity (Wildman–Crippen MR) is 82.9 cm³/mol. The van der Waals surface area contributed by atoms with Gasteiger partial charge in [-0.25, -0.2) is 0 Å². The molecule has 4 heteroatoms. The van der Waals surface area contributed by atoms with Crippen molar-refractivity contribution in [1.82, 2.24) is 0 Å². The van der Waals surface area contributed by atoms with Gasteiger partial charge in [-0.15, -0.1) is 23.3 Å². The summed E-state index contributed by atoms with van der Waals surface area (Å²) < 4.78 is 10.4. The van der Waals surface area contributed by atoms with E-state index in [9.17, 15) is 0 Å². The van der Waals surface area contributed by atoms with Gasteiger partial charge < -0.3 is 15.2 Å². The van der Waals surface area contributed by atoms with E-state index in [0.717, 1.165) is 28.2 Å². The maximum Gasteiger partial charge on any atom is 0.118 e. The number of methoxy groups -OCH3 is 2. The first-order valence-electron chi connectivity index (χ1n) is 6.32. The van der Waals surface area contributed by atoms with Crippen LogP contribution in [-0.4, -0.2) is 14.2 Å². The summed E-state index contributed by atoms with van der Waals surface area (Å²) in [6, 6.07) is 12.8. The van der Waals surface area contributed by atoms with Crippen LogP contribution in [0.25, 0.3) is 12.2 Å². The third kappa shape index (κ3) is 4.58. The van der Waals surface area contributed by atoms with Crippen LogP contribution in [0.1, 0.15) is 16.7 Å². The molecule has 0 amide bonds. The van der Waals surface area contributed by atoms with Gasteiger partial charge in [0.15, 0.2) is 0 Å². The summed E-state index contributed by atoms with van der Waals surface area (Å²) in [5, 5.41) is 0. The largest absolute Gasteiger partial charge is 0.554 e. The molecule has 0 bridgehead atoms.